The van der Waals surface area contributed by atoms with E-state index in [1.54, 1.807) is 0 Å². The van der Waals surface area contributed by atoms with E-state index in [4.69, 9.17) is 4.74 Å². The summed E-state index contributed by atoms with van der Waals surface area (Å²) < 4.78 is 5.83. The summed E-state index contributed by atoms with van der Waals surface area (Å²) in [6.07, 6.45) is 9.31. The lowest BCUT2D eigenvalue weighted by Crippen LogP contribution is -2.50. The summed E-state index contributed by atoms with van der Waals surface area (Å²) in [6.45, 7) is 6.61. The molecule has 0 aromatic rings. The number of ether oxygens (including phenoxy) is 1. The molecule has 0 aromatic heterocycles. The largest absolute Gasteiger partial charge is 0.375 e. The summed E-state index contributed by atoms with van der Waals surface area (Å²) in [5, 5.41) is 7.70. The third kappa shape index (κ3) is 3.32. The van der Waals surface area contributed by atoms with Gasteiger partial charge < -0.3 is 15.4 Å². The predicted octanol–water partition coefficient (Wildman–Crippen LogP) is 2.45. The molecule has 3 nitrogen and oxygen atoms in total. The van der Waals surface area contributed by atoms with E-state index >= 15 is 0 Å². The van der Waals surface area contributed by atoms with Crippen molar-refractivity contribution in [2.24, 2.45) is 5.92 Å². The topological polar surface area (TPSA) is 33.3 Å². The molecular weight excluding hydrogens is 236 g/mol. The first kappa shape index (κ1) is 13.8. The van der Waals surface area contributed by atoms with Gasteiger partial charge in [0.1, 0.15) is 0 Å². The molecule has 0 spiro atoms. The zero-order valence-corrected chi connectivity index (χ0v) is 12.6. The molecule has 19 heavy (non-hydrogen) atoms. The monoisotopic (exact) mass is 266 g/mol. The smallest absolute Gasteiger partial charge is 0.0641 e. The molecule has 0 bridgehead atoms. The summed E-state index contributed by atoms with van der Waals surface area (Å²) in [5.41, 5.74) is 0.0651. The lowest BCUT2D eigenvalue weighted by molar-refractivity contribution is -0.0648. The molecule has 1 saturated carbocycles. The van der Waals surface area contributed by atoms with Gasteiger partial charge in [0.2, 0.25) is 0 Å². The molecule has 110 valence electrons. The third-order valence-electron chi connectivity index (χ3n) is 5.33. The van der Waals surface area contributed by atoms with Crippen molar-refractivity contribution in [1.29, 1.82) is 0 Å². The van der Waals surface area contributed by atoms with Gasteiger partial charge in [0.25, 0.3) is 0 Å². The Hall–Kier alpha value is -0.120. The number of rotatable bonds is 3. The Bertz CT molecular complexity index is 299. The van der Waals surface area contributed by atoms with Gasteiger partial charge in [0.05, 0.1) is 5.60 Å². The SMILES string of the molecule is CC1(C)CC(NC2CCCC2C2CCCN2)CCO1. The van der Waals surface area contributed by atoms with Gasteiger partial charge in [0.15, 0.2) is 0 Å². The Morgan fingerprint density at radius 2 is 2.00 bits per heavy atom. The Balaban J connectivity index is 1.56. The highest BCUT2D eigenvalue weighted by molar-refractivity contribution is 4.95. The Morgan fingerprint density at radius 1 is 1.11 bits per heavy atom. The van der Waals surface area contributed by atoms with Crippen LogP contribution in [0.3, 0.4) is 0 Å². The number of hydrogen-bond donors (Lipinski definition) is 2. The van der Waals surface area contributed by atoms with E-state index in [1.807, 2.05) is 0 Å². The van der Waals surface area contributed by atoms with Crippen LogP contribution in [0.5, 0.6) is 0 Å². The molecule has 0 aromatic carbocycles. The Labute approximate surface area is 117 Å². The second kappa shape index (κ2) is 5.71. The first-order valence-electron chi connectivity index (χ1n) is 8.27. The molecule has 1 aliphatic carbocycles. The summed E-state index contributed by atoms with van der Waals surface area (Å²) >= 11 is 0. The molecule has 2 N–H and O–H groups in total. The van der Waals surface area contributed by atoms with Crippen LogP contribution < -0.4 is 10.6 Å². The third-order valence-corrected chi connectivity index (χ3v) is 5.33. The van der Waals surface area contributed by atoms with Crippen molar-refractivity contribution in [3.63, 3.8) is 0 Å². The maximum atomic E-state index is 5.83. The fourth-order valence-corrected chi connectivity index (χ4v) is 4.43. The van der Waals surface area contributed by atoms with Gasteiger partial charge in [-0.05, 0) is 64.8 Å². The molecule has 3 aliphatic rings. The molecule has 3 fully saturated rings. The molecule has 3 rings (SSSR count). The van der Waals surface area contributed by atoms with Gasteiger partial charge >= 0.3 is 0 Å². The van der Waals surface area contributed by atoms with Gasteiger partial charge in [-0.15, -0.1) is 0 Å². The van der Waals surface area contributed by atoms with E-state index in [-0.39, 0.29) is 5.60 Å². The van der Waals surface area contributed by atoms with Gasteiger partial charge in [0, 0.05) is 24.7 Å². The summed E-state index contributed by atoms with van der Waals surface area (Å²) in [5.74, 6) is 0.869. The first-order valence-corrected chi connectivity index (χ1v) is 8.27. The molecule has 4 unspecified atom stereocenters. The number of nitrogens with one attached hydrogen (secondary N) is 2. The van der Waals surface area contributed by atoms with Crippen molar-refractivity contribution in [2.75, 3.05) is 13.2 Å². The van der Waals surface area contributed by atoms with E-state index in [2.05, 4.69) is 24.5 Å². The fourth-order valence-electron chi connectivity index (χ4n) is 4.43. The maximum Gasteiger partial charge on any atom is 0.0641 e. The molecule has 2 heterocycles. The van der Waals surface area contributed by atoms with E-state index < -0.39 is 0 Å². The minimum atomic E-state index is 0.0651. The Morgan fingerprint density at radius 3 is 2.74 bits per heavy atom. The van der Waals surface area contributed by atoms with Crippen LogP contribution in [0.4, 0.5) is 0 Å². The van der Waals surface area contributed by atoms with E-state index in [1.165, 1.54) is 45.1 Å². The van der Waals surface area contributed by atoms with Gasteiger partial charge in [-0.2, -0.15) is 0 Å². The second-order valence-corrected chi connectivity index (χ2v) is 7.37. The van der Waals surface area contributed by atoms with Crippen molar-refractivity contribution in [2.45, 2.75) is 82.5 Å². The average Bonchev–Trinajstić information content (AvgIpc) is 2.96. The van der Waals surface area contributed by atoms with Crippen LogP contribution in [0.2, 0.25) is 0 Å². The van der Waals surface area contributed by atoms with Crippen LogP contribution in [0.1, 0.15) is 58.8 Å². The zero-order chi connectivity index (χ0) is 13.3. The Kier molecular flexibility index (Phi) is 4.16. The summed E-state index contributed by atoms with van der Waals surface area (Å²) in [4.78, 5) is 0. The van der Waals surface area contributed by atoms with Crippen LogP contribution in [0.15, 0.2) is 0 Å². The van der Waals surface area contributed by atoms with Gasteiger partial charge in [-0.1, -0.05) is 6.42 Å². The molecule has 0 radical (unpaired) electrons. The minimum Gasteiger partial charge on any atom is -0.375 e. The van der Waals surface area contributed by atoms with Crippen molar-refractivity contribution in [3.05, 3.63) is 0 Å². The van der Waals surface area contributed by atoms with E-state index in [0.29, 0.717) is 6.04 Å². The lowest BCUT2D eigenvalue weighted by atomic mass is 9.89. The van der Waals surface area contributed by atoms with Crippen LogP contribution >= 0.6 is 0 Å². The first-order chi connectivity index (χ1) is 9.14. The second-order valence-electron chi connectivity index (χ2n) is 7.37. The highest BCUT2D eigenvalue weighted by atomic mass is 16.5. The predicted molar refractivity (Wildman–Crippen MR) is 78.3 cm³/mol. The van der Waals surface area contributed by atoms with Crippen molar-refractivity contribution in [3.8, 4) is 0 Å². The number of hydrogen-bond acceptors (Lipinski definition) is 3. The highest BCUT2D eigenvalue weighted by Crippen LogP contribution is 2.33. The molecular formula is C16H30N2O. The average molecular weight is 266 g/mol. The summed E-state index contributed by atoms with van der Waals surface area (Å²) in [6, 6.07) is 2.19. The van der Waals surface area contributed by atoms with Crippen molar-refractivity contribution >= 4 is 0 Å². The van der Waals surface area contributed by atoms with E-state index in [9.17, 15) is 0 Å². The highest BCUT2D eigenvalue weighted by Gasteiger charge is 2.37. The van der Waals surface area contributed by atoms with Crippen LogP contribution in [0.25, 0.3) is 0 Å². The minimum absolute atomic E-state index is 0.0651. The fraction of sp³-hybridized carbons (Fsp3) is 1.00. The standard InChI is InChI=1S/C16H30N2O/c1-16(2)11-12(8-10-19-16)18-15-6-3-5-13(15)14-7-4-9-17-14/h12-15,17-18H,3-11H2,1-2H3. The summed E-state index contributed by atoms with van der Waals surface area (Å²) in [7, 11) is 0. The van der Waals surface area contributed by atoms with E-state index in [0.717, 1.165) is 31.0 Å². The van der Waals surface area contributed by atoms with Crippen LogP contribution in [0, 0.1) is 5.92 Å². The van der Waals surface area contributed by atoms with Gasteiger partial charge in [-0.3, -0.25) is 0 Å². The lowest BCUT2D eigenvalue weighted by Gasteiger charge is -2.38. The van der Waals surface area contributed by atoms with Gasteiger partial charge in [-0.25, -0.2) is 0 Å². The zero-order valence-electron chi connectivity index (χ0n) is 12.6. The van der Waals surface area contributed by atoms with Crippen molar-refractivity contribution < 1.29 is 4.74 Å². The van der Waals surface area contributed by atoms with Crippen LogP contribution in [-0.4, -0.2) is 36.9 Å². The molecule has 2 aliphatic heterocycles. The quantitative estimate of drug-likeness (QED) is 0.823. The van der Waals surface area contributed by atoms with Crippen molar-refractivity contribution in [1.82, 2.24) is 10.6 Å². The molecule has 2 saturated heterocycles. The molecule has 3 heteroatoms. The van der Waals surface area contributed by atoms with Crippen LogP contribution in [-0.2, 0) is 4.74 Å². The normalized spacial score (nSPS) is 42.6. The molecule has 0 amide bonds. The molecule has 4 atom stereocenters. The maximum absolute atomic E-state index is 5.83.